The van der Waals surface area contributed by atoms with Crippen LogP contribution in [0.1, 0.15) is 155 Å². The number of nitrogens with two attached hydrogens (primary N) is 1. The van der Waals surface area contributed by atoms with Gasteiger partial charge in [0.05, 0.1) is 0 Å². The zero-order valence-electron chi connectivity index (χ0n) is 29.8. The van der Waals surface area contributed by atoms with Crippen LogP contribution in [0.15, 0.2) is 60.8 Å². The van der Waals surface area contributed by atoms with Crippen molar-refractivity contribution in [2.75, 3.05) is 6.54 Å². The second kappa shape index (κ2) is 34.4. The number of hydrogen-bond donors (Lipinski definition) is 3. The largest absolute Gasteiger partial charge is 0.480 e. The number of hydrogen-bond acceptors (Lipinski definition) is 5. The first-order valence-corrected chi connectivity index (χ1v) is 18.6. The van der Waals surface area contributed by atoms with Crippen molar-refractivity contribution in [3.8, 4) is 0 Å². The van der Waals surface area contributed by atoms with E-state index in [1.54, 1.807) is 0 Å². The van der Waals surface area contributed by atoms with Gasteiger partial charge in [-0.3, -0.25) is 9.59 Å². The number of ether oxygens (including phenoxy) is 1. The molecule has 4 N–H and O–H groups in total. The average molecular weight is 657 g/mol. The molecule has 0 heterocycles. The number of nitrogens with one attached hydrogen (secondary N) is 1. The Hall–Kier alpha value is -2.93. The molecule has 0 aromatic rings. The van der Waals surface area contributed by atoms with Gasteiger partial charge < -0.3 is 20.9 Å². The highest BCUT2D eigenvalue weighted by atomic mass is 16.5. The molecule has 0 fully saturated rings. The Kier molecular flexibility index (Phi) is 32.3. The summed E-state index contributed by atoms with van der Waals surface area (Å²) in [6, 6.07) is -0.876. The number of aliphatic carboxylic acids is 1. The van der Waals surface area contributed by atoms with E-state index < -0.39 is 12.0 Å². The van der Waals surface area contributed by atoms with E-state index in [0.29, 0.717) is 38.6 Å². The molecule has 1 amide bonds. The van der Waals surface area contributed by atoms with Gasteiger partial charge in [-0.1, -0.05) is 113 Å². The topological polar surface area (TPSA) is 119 Å². The lowest BCUT2D eigenvalue weighted by atomic mass is 10.0. The van der Waals surface area contributed by atoms with E-state index in [1.165, 1.54) is 12.8 Å². The van der Waals surface area contributed by atoms with E-state index in [4.69, 9.17) is 10.5 Å². The SMILES string of the molecule is CC/C=C\C/C=C\C/C=C\C/C=C\C/C=C\CCCCCCCC(=O)OC(CCCC)CCCCCC(=O)NC(CCCN)C(=O)O. The summed E-state index contributed by atoms with van der Waals surface area (Å²) in [4.78, 5) is 35.9. The van der Waals surface area contributed by atoms with E-state index in [1.807, 2.05) is 0 Å². The Labute approximate surface area is 287 Å². The molecular weight excluding hydrogens is 588 g/mol. The van der Waals surface area contributed by atoms with Crippen LogP contribution in [0.2, 0.25) is 0 Å². The smallest absolute Gasteiger partial charge is 0.326 e. The van der Waals surface area contributed by atoms with Gasteiger partial charge >= 0.3 is 11.9 Å². The van der Waals surface area contributed by atoms with Gasteiger partial charge in [-0.25, -0.2) is 4.79 Å². The standard InChI is InChI=1S/C40H68N2O5/c1-3-5-7-8-9-10-11-12-13-14-15-16-17-18-19-20-21-22-23-24-28-34-39(44)47-36(30-6-4-2)31-26-25-27-33-38(43)42-37(40(45)46)32-29-35-41/h5,7,9-10,12-13,15-16,18-19,36-37H,3-4,6,8,11,14,17,20-35,41H2,1-2H3,(H,42,43)(H,45,46)/b7-5-,10-9-,13-12-,16-15-,19-18-. The first-order chi connectivity index (χ1) is 22.9. The Balaban J connectivity index is 3.92. The summed E-state index contributed by atoms with van der Waals surface area (Å²) in [5, 5.41) is 11.8. The Morgan fingerprint density at radius 2 is 1.17 bits per heavy atom. The summed E-state index contributed by atoms with van der Waals surface area (Å²) in [6.07, 6.45) is 41.7. The fourth-order valence-electron chi connectivity index (χ4n) is 5.05. The number of allylic oxidation sites excluding steroid dienone is 10. The highest BCUT2D eigenvalue weighted by molar-refractivity contribution is 5.83. The second-order valence-corrected chi connectivity index (χ2v) is 12.3. The molecule has 0 aromatic heterocycles. The third-order valence-electron chi connectivity index (χ3n) is 7.85. The molecule has 0 aliphatic rings. The lowest BCUT2D eigenvalue weighted by molar-refractivity contribution is -0.150. The summed E-state index contributed by atoms with van der Waals surface area (Å²) < 4.78 is 5.82. The monoisotopic (exact) mass is 657 g/mol. The van der Waals surface area contributed by atoms with Crippen LogP contribution in [0.25, 0.3) is 0 Å². The Bertz CT molecular complexity index is 922. The van der Waals surface area contributed by atoms with Crippen LogP contribution in [-0.2, 0) is 19.1 Å². The fourth-order valence-corrected chi connectivity index (χ4v) is 5.05. The van der Waals surface area contributed by atoms with E-state index in [0.717, 1.165) is 96.3 Å². The van der Waals surface area contributed by atoms with Crippen LogP contribution >= 0.6 is 0 Å². The van der Waals surface area contributed by atoms with Gasteiger partial charge in [0.25, 0.3) is 0 Å². The highest BCUT2D eigenvalue weighted by Gasteiger charge is 2.19. The maximum absolute atomic E-state index is 12.5. The van der Waals surface area contributed by atoms with Crippen LogP contribution < -0.4 is 11.1 Å². The van der Waals surface area contributed by atoms with Crippen molar-refractivity contribution < 1.29 is 24.2 Å². The molecule has 0 aliphatic carbocycles. The summed E-state index contributed by atoms with van der Waals surface area (Å²) in [5.74, 6) is -1.36. The van der Waals surface area contributed by atoms with Crippen molar-refractivity contribution in [3.63, 3.8) is 0 Å². The molecule has 0 saturated carbocycles. The minimum Gasteiger partial charge on any atom is -0.480 e. The van der Waals surface area contributed by atoms with E-state index in [2.05, 4.69) is 79.9 Å². The van der Waals surface area contributed by atoms with Gasteiger partial charge in [-0.05, 0) is 96.4 Å². The minimum absolute atomic E-state index is 0.0626. The number of amides is 1. The molecule has 0 aromatic carbocycles. The summed E-state index contributed by atoms with van der Waals surface area (Å²) in [7, 11) is 0. The van der Waals surface area contributed by atoms with Gasteiger partial charge in [0.15, 0.2) is 0 Å². The van der Waals surface area contributed by atoms with Crippen LogP contribution in [0.4, 0.5) is 0 Å². The number of carboxylic acids is 1. The third kappa shape index (κ3) is 31.4. The normalized spacial score (nSPS) is 13.4. The number of rotatable bonds is 32. The molecule has 0 rings (SSSR count). The van der Waals surface area contributed by atoms with Crippen LogP contribution in [0.5, 0.6) is 0 Å². The average Bonchev–Trinajstić information content (AvgIpc) is 3.05. The van der Waals surface area contributed by atoms with Crippen LogP contribution in [0.3, 0.4) is 0 Å². The molecule has 7 heteroatoms. The van der Waals surface area contributed by atoms with Gasteiger partial charge in [-0.2, -0.15) is 0 Å². The highest BCUT2D eigenvalue weighted by Crippen LogP contribution is 2.16. The lowest BCUT2D eigenvalue weighted by Crippen LogP contribution is -2.40. The summed E-state index contributed by atoms with van der Waals surface area (Å²) >= 11 is 0. The molecule has 0 saturated heterocycles. The predicted molar refractivity (Wildman–Crippen MR) is 197 cm³/mol. The van der Waals surface area contributed by atoms with Crippen molar-refractivity contribution in [1.29, 1.82) is 0 Å². The molecule has 2 atom stereocenters. The number of unbranched alkanes of at least 4 members (excludes halogenated alkanes) is 8. The molecular formula is C40H68N2O5. The predicted octanol–water partition coefficient (Wildman–Crippen LogP) is 9.83. The maximum atomic E-state index is 12.5. The fraction of sp³-hybridized carbons (Fsp3) is 0.675. The van der Waals surface area contributed by atoms with Crippen LogP contribution in [-0.4, -0.2) is 41.6 Å². The zero-order chi connectivity index (χ0) is 34.6. The Morgan fingerprint density at radius 3 is 1.77 bits per heavy atom. The molecule has 268 valence electrons. The molecule has 7 nitrogen and oxygen atoms in total. The summed E-state index contributed by atoms with van der Waals surface area (Å²) in [5.41, 5.74) is 5.45. The third-order valence-corrected chi connectivity index (χ3v) is 7.85. The van der Waals surface area contributed by atoms with Gasteiger partial charge in [0.1, 0.15) is 12.1 Å². The van der Waals surface area contributed by atoms with Crippen molar-refractivity contribution in [2.45, 2.75) is 167 Å². The van der Waals surface area contributed by atoms with Crippen molar-refractivity contribution in [2.24, 2.45) is 5.73 Å². The van der Waals surface area contributed by atoms with Crippen molar-refractivity contribution in [3.05, 3.63) is 60.8 Å². The van der Waals surface area contributed by atoms with Gasteiger partial charge in [-0.15, -0.1) is 0 Å². The van der Waals surface area contributed by atoms with E-state index in [-0.39, 0.29) is 18.0 Å². The van der Waals surface area contributed by atoms with Gasteiger partial charge in [0, 0.05) is 12.8 Å². The molecule has 0 bridgehead atoms. The van der Waals surface area contributed by atoms with Crippen molar-refractivity contribution in [1.82, 2.24) is 5.32 Å². The van der Waals surface area contributed by atoms with Crippen molar-refractivity contribution >= 4 is 17.8 Å². The van der Waals surface area contributed by atoms with E-state index in [9.17, 15) is 19.5 Å². The van der Waals surface area contributed by atoms with E-state index >= 15 is 0 Å². The van der Waals surface area contributed by atoms with Crippen LogP contribution in [0, 0.1) is 0 Å². The number of esters is 1. The first kappa shape index (κ1) is 44.1. The number of carbonyl (C=O) groups is 3. The minimum atomic E-state index is -1.02. The molecule has 0 spiro atoms. The second-order valence-electron chi connectivity index (χ2n) is 12.3. The first-order valence-electron chi connectivity index (χ1n) is 18.6. The molecule has 47 heavy (non-hydrogen) atoms. The number of carboxylic acid groups (broad SMARTS) is 1. The maximum Gasteiger partial charge on any atom is 0.326 e. The lowest BCUT2D eigenvalue weighted by Gasteiger charge is -2.18. The Morgan fingerprint density at radius 1 is 0.638 bits per heavy atom. The molecule has 0 radical (unpaired) electrons. The molecule has 2 unspecified atom stereocenters. The quantitative estimate of drug-likeness (QED) is 0.0377. The number of carbonyl (C=O) groups excluding carboxylic acids is 2. The van der Waals surface area contributed by atoms with Gasteiger partial charge in [0.2, 0.25) is 5.91 Å². The zero-order valence-corrected chi connectivity index (χ0v) is 29.8. The molecule has 0 aliphatic heterocycles. The summed E-state index contributed by atoms with van der Waals surface area (Å²) in [6.45, 7) is 4.69.